The van der Waals surface area contributed by atoms with Gasteiger partial charge >= 0.3 is 5.63 Å². The van der Waals surface area contributed by atoms with Crippen molar-refractivity contribution in [1.29, 1.82) is 0 Å². The minimum atomic E-state index is -0.500. The number of nitrogens with zero attached hydrogens (tertiary/aromatic N) is 1. The van der Waals surface area contributed by atoms with Gasteiger partial charge in [-0.3, -0.25) is 14.9 Å². The van der Waals surface area contributed by atoms with E-state index < -0.39 is 16.5 Å². The summed E-state index contributed by atoms with van der Waals surface area (Å²) in [5.74, 6) is -0.0426. The molecule has 0 aliphatic heterocycles. The summed E-state index contributed by atoms with van der Waals surface area (Å²) in [4.78, 5) is 33.5. The highest BCUT2D eigenvalue weighted by Crippen LogP contribution is 2.22. The van der Waals surface area contributed by atoms with Gasteiger partial charge < -0.3 is 14.5 Å². The second kappa shape index (κ2) is 7.06. The number of aryl methyl sites for hydroxylation is 1. The first-order valence-corrected chi connectivity index (χ1v) is 7.64. The van der Waals surface area contributed by atoms with Gasteiger partial charge in [-0.15, -0.1) is 0 Å². The van der Waals surface area contributed by atoms with E-state index >= 15 is 0 Å². The summed E-state index contributed by atoms with van der Waals surface area (Å²) in [6, 6.07) is 12.0. The Morgan fingerprint density at radius 2 is 1.96 bits per heavy atom. The van der Waals surface area contributed by atoms with Crippen molar-refractivity contribution in [2.45, 2.75) is 6.92 Å². The summed E-state index contributed by atoms with van der Waals surface area (Å²) in [7, 11) is 0. The molecule has 0 aliphatic rings. The molecule has 1 amide bonds. The molecule has 0 bridgehead atoms. The Bertz CT molecular complexity index is 1060. The topological polar surface area (TPSA) is 112 Å². The summed E-state index contributed by atoms with van der Waals surface area (Å²) in [5, 5.41) is 14.1. The van der Waals surface area contributed by atoms with Crippen molar-refractivity contribution in [2.75, 3.05) is 11.9 Å². The van der Waals surface area contributed by atoms with Crippen molar-refractivity contribution in [1.82, 2.24) is 0 Å². The van der Waals surface area contributed by atoms with Crippen LogP contribution in [0, 0.1) is 17.0 Å². The van der Waals surface area contributed by atoms with Crippen molar-refractivity contribution in [2.24, 2.45) is 0 Å². The number of carbonyl (C=O) groups is 1. The molecule has 0 fully saturated rings. The predicted octanol–water partition coefficient (Wildman–Crippen LogP) is 3.03. The molecule has 8 heteroatoms. The molecule has 8 nitrogen and oxygen atoms in total. The van der Waals surface area contributed by atoms with Crippen molar-refractivity contribution < 1.29 is 18.9 Å². The molecule has 0 atom stereocenters. The Morgan fingerprint density at radius 3 is 2.69 bits per heavy atom. The van der Waals surface area contributed by atoms with Gasteiger partial charge in [-0.2, -0.15) is 0 Å². The van der Waals surface area contributed by atoms with Crippen LogP contribution < -0.4 is 15.7 Å². The fraction of sp³-hybridized carbons (Fsp3) is 0.111. The zero-order valence-electron chi connectivity index (χ0n) is 13.7. The molecule has 1 N–H and O–H groups in total. The van der Waals surface area contributed by atoms with E-state index in [9.17, 15) is 19.7 Å². The standard InChI is InChI=1S/C18H14N2O6/c1-11-8-13(20(23)24)4-6-15(11)19-17(21)10-25-14-5-2-12-3-7-18(22)26-16(12)9-14/h2-9H,10H2,1H3,(H,19,21). The van der Waals surface area contributed by atoms with Crippen molar-refractivity contribution in [3.63, 3.8) is 0 Å². The number of nitro benzene ring substituents is 1. The molecule has 3 aromatic rings. The molecule has 0 spiro atoms. The monoisotopic (exact) mass is 354 g/mol. The van der Waals surface area contributed by atoms with E-state index in [1.54, 1.807) is 25.1 Å². The zero-order valence-corrected chi connectivity index (χ0v) is 13.7. The number of hydrogen-bond acceptors (Lipinski definition) is 6. The molecule has 0 unspecified atom stereocenters. The highest BCUT2D eigenvalue weighted by atomic mass is 16.6. The van der Waals surface area contributed by atoms with Crippen LogP contribution in [-0.2, 0) is 4.79 Å². The lowest BCUT2D eigenvalue weighted by Gasteiger charge is -2.10. The molecule has 0 radical (unpaired) electrons. The maximum absolute atomic E-state index is 12.0. The Kier molecular flexibility index (Phi) is 4.66. The lowest BCUT2D eigenvalue weighted by molar-refractivity contribution is -0.384. The molecule has 132 valence electrons. The number of hydrogen-bond donors (Lipinski definition) is 1. The largest absolute Gasteiger partial charge is 0.484 e. The van der Waals surface area contributed by atoms with Crippen LogP contribution in [0.5, 0.6) is 5.75 Å². The van der Waals surface area contributed by atoms with Crippen LogP contribution in [0.2, 0.25) is 0 Å². The molecule has 2 aromatic carbocycles. The molecule has 3 rings (SSSR count). The van der Waals surface area contributed by atoms with Crippen LogP contribution in [0.25, 0.3) is 11.0 Å². The number of amides is 1. The van der Waals surface area contributed by atoms with E-state index in [0.717, 1.165) is 5.39 Å². The molecular weight excluding hydrogens is 340 g/mol. The first kappa shape index (κ1) is 17.2. The Balaban J connectivity index is 1.65. The van der Waals surface area contributed by atoms with Crippen LogP contribution in [0.1, 0.15) is 5.56 Å². The molecular formula is C18H14N2O6. The third-order valence-corrected chi connectivity index (χ3v) is 3.66. The highest BCUT2D eigenvalue weighted by Gasteiger charge is 2.11. The van der Waals surface area contributed by atoms with E-state index in [1.807, 2.05) is 0 Å². The molecule has 26 heavy (non-hydrogen) atoms. The maximum Gasteiger partial charge on any atom is 0.336 e. The fourth-order valence-electron chi connectivity index (χ4n) is 2.37. The number of benzene rings is 2. The lowest BCUT2D eigenvalue weighted by Crippen LogP contribution is -2.20. The number of carbonyl (C=O) groups excluding carboxylic acids is 1. The number of fused-ring (bicyclic) bond motifs is 1. The van der Waals surface area contributed by atoms with Crippen molar-refractivity contribution >= 4 is 28.3 Å². The van der Waals surface area contributed by atoms with Gasteiger partial charge in [0.1, 0.15) is 11.3 Å². The van der Waals surface area contributed by atoms with Crippen LogP contribution in [0.3, 0.4) is 0 Å². The molecule has 1 aromatic heterocycles. The second-order valence-electron chi connectivity index (χ2n) is 5.55. The molecule has 0 aliphatic carbocycles. The van der Waals surface area contributed by atoms with Gasteiger partial charge in [-0.05, 0) is 36.8 Å². The maximum atomic E-state index is 12.0. The Hall–Kier alpha value is -3.68. The first-order valence-electron chi connectivity index (χ1n) is 7.64. The van der Waals surface area contributed by atoms with Crippen molar-refractivity contribution in [3.8, 4) is 5.75 Å². The quantitative estimate of drug-likeness (QED) is 0.428. The number of nitrogens with one attached hydrogen (secondary N) is 1. The van der Waals surface area contributed by atoms with Crippen LogP contribution in [-0.4, -0.2) is 17.4 Å². The molecule has 1 heterocycles. The smallest absolute Gasteiger partial charge is 0.336 e. The van der Waals surface area contributed by atoms with E-state index in [0.29, 0.717) is 22.6 Å². The number of non-ortho nitro benzene ring substituents is 1. The van der Waals surface area contributed by atoms with Gasteiger partial charge in [-0.25, -0.2) is 4.79 Å². The number of anilines is 1. The van der Waals surface area contributed by atoms with Crippen LogP contribution in [0.15, 0.2) is 57.7 Å². The van der Waals surface area contributed by atoms with E-state index in [2.05, 4.69) is 5.32 Å². The molecule has 0 saturated carbocycles. The first-order chi connectivity index (χ1) is 12.4. The average Bonchev–Trinajstić information content (AvgIpc) is 2.61. The Labute approximate surface area is 147 Å². The van der Waals surface area contributed by atoms with Crippen LogP contribution in [0.4, 0.5) is 11.4 Å². The third-order valence-electron chi connectivity index (χ3n) is 3.66. The van der Waals surface area contributed by atoms with Gasteiger partial charge in [0.05, 0.1) is 4.92 Å². The minimum absolute atomic E-state index is 0.0468. The fourth-order valence-corrected chi connectivity index (χ4v) is 2.37. The lowest BCUT2D eigenvalue weighted by atomic mass is 10.2. The van der Waals surface area contributed by atoms with Gasteiger partial charge in [0.2, 0.25) is 0 Å². The SMILES string of the molecule is Cc1cc([N+](=O)[O-])ccc1NC(=O)COc1ccc2ccc(=O)oc2c1. The summed E-state index contributed by atoms with van der Waals surface area (Å²) < 4.78 is 10.5. The average molecular weight is 354 g/mol. The normalized spacial score (nSPS) is 10.5. The summed E-state index contributed by atoms with van der Waals surface area (Å²) in [6.45, 7) is 1.40. The summed E-state index contributed by atoms with van der Waals surface area (Å²) in [5.41, 5.74) is 0.880. The number of rotatable bonds is 5. The van der Waals surface area contributed by atoms with E-state index in [-0.39, 0.29) is 12.3 Å². The highest BCUT2D eigenvalue weighted by molar-refractivity contribution is 5.92. The van der Waals surface area contributed by atoms with E-state index in [1.165, 1.54) is 30.3 Å². The number of ether oxygens (including phenoxy) is 1. The van der Waals surface area contributed by atoms with Gasteiger partial charge in [0, 0.05) is 35.3 Å². The minimum Gasteiger partial charge on any atom is -0.484 e. The van der Waals surface area contributed by atoms with E-state index in [4.69, 9.17) is 9.15 Å². The second-order valence-corrected chi connectivity index (χ2v) is 5.55. The van der Waals surface area contributed by atoms with Gasteiger partial charge in [-0.1, -0.05) is 0 Å². The Morgan fingerprint density at radius 1 is 1.19 bits per heavy atom. The number of nitro groups is 1. The van der Waals surface area contributed by atoms with Crippen molar-refractivity contribution in [3.05, 3.63) is 74.6 Å². The van der Waals surface area contributed by atoms with Gasteiger partial charge in [0.25, 0.3) is 11.6 Å². The van der Waals surface area contributed by atoms with Gasteiger partial charge in [0.15, 0.2) is 6.61 Å². The summed E-state index contributed by atoms with van der Waals surface area (Å²) >= 11 is 0. The predicted molar refractivity (Wildman–Crippen MR) is 94.4 cm³/mol. The molecule has 0 saturated heterocycles. The van der Waals surface area contributed by atoms with Crippen LogP contribution >= 0.6 is 0 Å². The summed E-state index contributed by atoms with van der Waals surface area (Å²) in [6.07, 6.45) is 0. The third kappa shape index (κ3) is 3.86. The zero-order chi connectivity index (χ0) is 18.7.